The maximum Gasteiger partial charge on any atom is 0.243 e. The third-order valence-electron chi connectivity index (χ3n) is 8.62. The van der Waals surface area contributed by atoms with Crippen molar-refractivity contribution in [3.63, 3.8) is 0 Å². The van der Waals surface area contributed by atoms with E-state index in [1.807, 2.05) is 45.9 Å². The van der Waals surface area contributed by atoms with Crippen molar-refractivity contribution in [1.82, 2.24) is 14.4 Å². The van der Waals surface area contributed by atoms with Crippen molar-refractivity contribution < 1.29 is 13.6 Å². The normalized spacial score (nSPS) is 14.1. The van der Waals surface area contributed by atoms with Crippen LogP contribution < -0.4 is 5.43 Å². The number of pyridine rings is 1. The first kappa shape index (κ1) is 32.0. The highest BCUT2D eigenvalue weighted by atomic mass is 35.5. The van der Waals surface area contributed by atoms with Gasteiger partial charge in [0.1, 0.15) is 6.54 Å². The van der Waals surface area contributed by atoms with Crippen molar-refractivity contribution >= 4 is 40.2 Å². The Morgan fingerprint density at radius 1 is 0.913 bits per heavy atom. The zero-order chi connectivity index (χ0) is 32.2. The van der Waals surface area contributed by atoms with Crippen molar-refractivity contribution in [2.45, 2.75) is 42.8 Å². The summed E-state index contributed by atoms with van der Waals surface area (Å²) < 4.78 is 30.3. The average Bonchev–Trinajstić information content (AvgIpc) is 3.07. The molecule has 5 aromatic rings. The van der Waals surface area contributed by atoms with Crippen LogP contribution in [-0.4, -0.2) is 46.5 Å². The summed E-state index contributed by atoms with van der Waals surface area (Å²) in [7, 11) is 2.09. The van der Waals surface area contributed by atoms with Gasteiger partial charge in [0.05, 0.1) is 10.5 Å². The molecule has 1 aromatic heterocycles. The molecule has 1 saturated heterocycles. The van der Waals surface area contributed by atoms with E-state index in [1.54, 1.807) is 12.1 Å². The number of hydrogen-bond donors (Lipinski definition) is 0. The van der Waals surface area contributed by atoms with Crippen LogP contribution in [0.4, 0.5) is 8.78 Å². The lowest BCUT2D eigenvalue weighted by atomic mass is 10.0. The molecule has 46 heavy (non-hydrogen) atoms. The number of carbonyl (C=O) groups excluding carboxylic acids is 1. The number of aromatic nitrogens is 1. The predicted molar refractivity (Wildman–Crippen MR) is 182 cm³/mol. The van der Waals surface area contributed by atoms with E-state index in [1.165, 1.54) is 30.0 Å². The molecule has 1 fully saturated rings. The van der Waals surface area contributed by atoms with E-state index in [4.69, 9.17) is 11.6 Å². The predicted octanol–water partition coefficient (Wildman–Crippen LogP) is 8.02. The van der Waals surface area contributed by atoms with Crippen LogP contribution in [0.15, 0.2) is 107 Å². The van der Waals surface area contributed by atoms with E-state index in [9.17, 15) is 18.4 Å². The smallest absolute Gasteiger partial charge is 0.243 e. The zero-order valence-electron chi connectivity index (χ0n) is 25.5. The highest BCUT2D eigenvalue weighted by Crippen LogP contribution is 2.29. The molecule has 236 valence electrons. The van der Waals surface area contributed by atoms with Crippen molar-refractivity contribution in [3.8, 4) is 11.1 Å². The van der Waals surface area contributed by atoms with Gasteiger partial charge >= 0.3 is 0 Å². The molecule has 2 heterocycles. The highest BCUT2D eigenvalue weighted by molar-refractivity contribution is 7.98. The lowest BCUT2D eigenvalue weighted by Gasteiger charge is -2.38. The van der Waals surface area contributed by atoms with Crippen LogP contribution in [0.2, 0.25) is 5.02 Å². The molecule has 1 aliphatic heterocycles. The quantitative estimate of drug-likeness (QED) is 0.151. The number of piperidine rings is 1. The van der Waals surface area contributed by atoms with E-state index < -0.39 is 11.6 Å². The fourth-order valence-corrected chi connectivity index (χ4v) is 7.15. The summed E-state index contributed by atoms with van der Waals surface area (Å²) >= 11 is 7.29. The van der Waals surface area contributed by atoms with Gasteiger partial charge in [0, 0.05) is 40.4 Å². The Morgan fingerprint density at radius 3 is 2.30 bits per heavy atom. The average molecular weight is 658 g/mol. The standard InChI is InChI=1S/C37H34ClF2N3O2S/c1-41-19-17-30(18-20-41)42(22-25-9-11-26(12-10-25)27-13-15-29(38)16-14-27)35(45)23-43-33-8-3-2-6-31(33)34(44)21-36(43)46-24-28-5-4-7-32(39)37(28)40/h2-16,21,30H,17-20,22-24H2,1H3. The first-order valence-corrected chi connectivity index (χ1v) is 16.6. The molecule has 0 atom stereocenters. The fourth-order valence-electron chi connectivity index (χ4n) is 5.99. The van der Waals surface area contributed by atoms with Crippen molar-refractivity contribution in [2.24, 2.45) is 0 Å². The number of halogens is 3. The van der Waals surface area contributed by atoms with Crippen LogP contribution in [0.25, 0.3) is 22.0 Å². The lowest BCUT2D eigenvalue weighted by molar-refractivity contribution is -0.136. The van der Waals surface area contributed by atoms with Crippen LogP contribution >= 0.6 is 23.4 Å². The minimum absolute atomic E-state index is 0.00393. The second-order valence-corrected chi connectivity index (χ2v) is 13.1. The van der Waals surface area contributed by atoms with Gasteiger partial charge in [-0.05, 0) is 80.0 Å². The number of nitrogens with zero attached hydrogens (tertiary/aromatic N) is 3. The molecule has 0 unspecified atom stereocenters. The molecule has 0 radical (unpaired) electrons. The maximum atomic E-state index is 14.5. The molecule has 6 rings (SSSR count). The Morgan fingerprint density at radius 2 is 1.59 bits per heavy atom. The van der Waals surface area contributed by atoms with Gasteiger partial charge in [-0.15, -0.1) is 11.8 Å². The van der Waals surface area contributed by atoms with Crippen LogP contribution in [0.1, 0.15) is 24.0 Å². The van der Waals surface area contributed by atoms with E-state index in [0.717, 1.165) is 48.7 Å². The minimum Gasteiger partial charge on any atom is -0.334 e. The molecule has 0 aliphatic carbocycles. The number of benzene rings is 4. The Labute approximate surface area is 276 Å². The lowest BCUT2D eigenvalue weighted by Crippen LogP contribution is -2.47. The first-order valence-electron chi connectivity index (χ1n) is 15.3. The summed E-state index contributed by atoms with van der Waals surface area (Å²) in [5, 5.41) is 1.71. The summed E-state index contributed by atoms with van der Waals surface area (Å²) in [5.74, 6) is -1.78. The van der Waals surface area contributed by atoms with Gasteiger partial charge in [-0.2, -0.15) is 0 Å². The molecule has 0 N–H and O–H groups in total. The van der Waals surface area contributed by atoms with E-state index in [0.29, 0.717) is 27.5 Å². The van der Waals surface area contributed by atoms with Gasteiger partial charge < -0.3 is 14.4 Å². The van der Waals surface area contributed by atoms with Gasteiger partial charge in [-0.3, -0.25) is 9.59 Å². The minimum atomic E-state index is -0.917. The number of likely N-dealkylation sites (tertiary alicyclic amines) is 1. The molecule has 1 amide bonds. The Balaban J connectivity index is 1.31. The Kier molecular flexibility index (Phi) is 9.87. The third-order valence-corrected chi connectivity index (χ3v) is 9.96. The van der Waals surface area contributed by atoms with Crippen LogP contribution in [0, 0.1) is 11.6 Å². The maximum absolute atomic E-state index is 14.5. The monoisotopic (exact) mass is 657 g/mol. The molecule has 4 aromatic carbocycles. The SMILES string of the molecule is CN1CCC(N(Cc2ccc(-c3ccc(Cl)cc3)cc2)C(=O)Cn2c(SCc3cccc(F)c3F)cc(=O)c3ccccc32)CC1. The summed E-state index contributed by atoms with van der Waals surface area (Å²) in [6.07, 6.45) is 1.72. The van der Waals surface area contributed by atoms with Crippen molar-refractivity contribution in [1.29, 1.82) is 0 Å². The highest BCUT2D eigenvalue weighted by Gasteiger charge is 2.28. The van der Waals surface area contributed by atoms with Gasteiger partial charge in [-0.25, -0.2) is 8.78 Å². The van der Waals surface area contributed by atoms with Crippen LogP contribution in [0.5, 0.6) is 0 Å². The first-order chi connectivity index (χ1) is 22.3. The molecule has 1 aliphatic rings. The number of hydrogen-bond acceptors (Lipinski definition) is 4. The molecular weight excluding hydrogens is 624 g/mol. The van der Waals surface area contributed by atoms with Gasteiger partial charge in [-0.1, -0.05) is 72.3 Å². The Hall–Kier alpha value is -3.98. The summed E-state index contributed by atoms with van der Waals surface area (Å²) in [5.41, 5.74) is 3.78. The van der Waals surface area contributed by atoms with Crippen LogP contribution in [-0.2, 0) is 23.6 Å². The molecular formula is C37H34ClF2N3O2S. The van der Waals surface area contributed by atoms with Crippen molar-refractivity contribution in [3.05, 3.63) is 135 Å². The topological polar surface area (TPSA) is 45.5 Å². The van der Waals surface area contributed by atoms with E-state index in [2.05, 4.69) is 36.2 Å². The van der Waals surface area contributed by atoms with Gasteiger partial charge in [0.15, 0.2) is 17.1 Å². The van der Waals surface area contributed by atoms with Gasteiger partial charge in [0.2, 0.25) is 5.91 Å². The van der Waals surface area contributed by atoms with Crippen molar-refractivity contribution in [2.75, 3.05) is 20.1 Å². The second-order valence-electron chi connectivity index (χ2n) is 11.7. The summed E-state index contributed by atoms with van der Waals surface area (Å²) in [6.45, 7) is 2.24. The molecule has 0 saturated carbocycles. The molecule has 9 heteroatoms. The number of carbonyl (C=O) groups is 1. The van der Waals surface area contributed by atoms with Crippen LogP contribution in [0.3, 0.4) is 0 Å². The number of thioether (sulfide) groups is 1. The largest absolute Gasteiger partial charge is 0.334 e. The van der Waals surface area contributed by atoms with Gasteiger partial charge in [0.25, 0.3) is 0 Å². The zero-order valence-corrected chi connectivity index (χ0v) is 27.0. The third kappa shape index (κ3) is 7.20. The number of amides is 1. The second kappa shape index (κ2) is 14.2. The van der Waals surface area contributed by atoms with E-state index >= 15 is 0 Å². The number of fused-ring (bicyclic) bond motifs is 1. The molecule has 0 spiro atoms. The fraction of sp³-hybridized carbons (Fsp3) is 0.243. The molecule has 5 nitrogen and oxygen atoms in total. The summed E-state index contributed by atoms with van der Waals surface area (Å²) in [4.78, 5) is 31.7. The number of rotatable bonds is 9. The Bertz CT molecular complexity index is 1910. The summed E-state index contributed by atoms with van der Waals surface area (Å²) in [6, 6.07) is 28.8. The number of para-hydroxylation sites is 1. The molecule has 0 bridgehead atoms. The van der Waals surface area contributed by atoms with E-state index in [-0.39, 0.29) is 35.2 Å².